The van der Waals surface area contributed by atoms with Crippen LogP contribution in [0.5, 0.6) is 0 Å². The summed E-state index contributed by atoms with van der Waals surface area (Å²) >= 11 is 0. The Hall–Kier alpha value is -2.76. The zero-order valence-electron chi connectivity index (χ0n) is 14.1. The lowest BCUT2D eigenvalue weighted by molar-refractivity contribution is 0.0551. The molecule has 9 nitrogen and oxygen atoms in total. The van der Waals surface area contributed by atoms with Crippen LogP contribution in [0.15, 0.2) is 47.4 Å². The van der Waals surface area contributed by atoms with E-state index >= 15 is 0 Å². The summed E-state index contributed by atoms with van der Waals surface area (Å²) in [4.78, 5) is 23.0. The Kier molecular flexibility index (Phi) is 6.31. The Morgan fingerprint density at radius 2 is 1.70 bits per heavy atom. The molecule has 0 aromatic heterocycles. The summed E-state index contributed by atoms with van der Waals surface area (Å²) in [5.74, 6) is -2.06. The highest BCUT2D eigenvalue weighted by Crippen LogP contribution is 2.25. The Morgan fingerprint density at radius 1 is 1.04 bits per heavy atom. The van der Waals surface area contributed by atoms with Crippen molar-refractivity contribution in [2.45, 2.75) is 11.0 Å². The van der Waals surface area contributed by atoms with Gasteiger partial charge in [-0.25, -0.2) is 9.59 Å². The summed E-state index contributed by atoms with van der Waals surface area (Å²) in [6, 6.07) is 3.43. The summed E-state index contributed by atoms with van der Waals surface area (Å²) in [6.07, 6.45) is 3.77. The second-order valence-corrected chi connectivity index (χ2v) is 7.50. The molecule has 1 aliphatic carbocycles. The number of carbonyl (C=O) groups is 2. The average Bonchev–Trinajstić information content (AvgIpc) is 2.66. The summed E-state index contributed by atoms with van der Waals surface area (Å²) in [6.45, 7) is 0. The quantitative estimate of drug-likeness (QED) is 0.384. The highest BCUT2D eigenvalue weighted by Gasteiger charge is 2.32. The van der Waals surface area contributed by atoms with E-state index in [0.717, 1.165) is 20.3 Å². The van der Waals surface area contributed by atoms with E-state index in [-0.39, 0.29) is 10.4 Å². The van der Waals surface area contributed by atoms with Gasteiger partial charge in [0.05, 0.1) is 25.3 Å². The molecule has 144 valence electrons. The van der Waals surface area contributed by atoms with Crippen LogP contribution in [0.1, 0.15) is 20.7 Å². The van der Waals surface area contributed by atoms with Crippen molar-refractivity contribution in [3.63, 3.8) is 0 Å². The minimum absolute atomic E-state index is 0.315. The number of methoxy groups -OCH3 is 2. The normalized spacial score (nSPS) is 16.1. The molecule has 1 aliphatic rings. The molecule has 2 rings (SSSR count). The monoisotopic (exact) mass is 414 g/mol. The highest BCUT2D eigenvalue weighted by atomic mass is 32.2. The van der Waals surface area contributed by atoms with Crippen molar-refractivity contribution >= 4 is 37.2 Å². The molecule has 0 bridgehead atoms. The zero-order valence-corrected chi connectivity index (χ0v) is 15.7. The smallest absolute Gasteiger partial charge is 0.340 e. The Balaban J connectivity index is 2.61. The second kappa shape index (κ2) is 8.29. The van der Waals surface area contributed by atoms with Crippen LogP contribution in [0.4, 0.5) is 0 Å². The third-order valence-electron chi connectivity index (χ3n) is 3.45. The van der Waals surface area contributed by atoms with Crippen molar-refractivity contribution in [2.24, 2.45) is 0 Å². The molecule has 0 spiro atoms. The fraction of sp³-hybridized carbons (Fsp3) is 0.188. The maximum atomic E-state index is 12.7. The Labute approximate surface area is 156 Å². The van der Waals surface area contributed by atoms with Gasteiger partial charge in [0.25, 0.3) is 10.1 Å². The van der Waals surface area contributed by atoms with Gasteiger partial charge in [-0.15, -0.1) is 0 Å². The van der Waals surface area contributed by atoms with Gasteiger partial charge >= 0.3 is 11.9 Å². The van der Waals surface area contributed by atoms with Gasteiger partial charge in [0.1, 0.15) is 15.9 Å². The third-order valence-corrected chi connectivity index (χ3v) is 5.54. The van der Waals surface area contributed by atoms with Gasteiger partial charge in [0, 0.05) is 0 Å². The van der Waals surface area contributed by atoms with Gasteiger partial charge in [-0.3, -0.25) is 4.18 Å². The van der Waals surface area contributed by atoms with Gasteiger partial charge in [-0.2, -0.15) is 16.8 Å². The number of benzene rings is 1. The van der Waals surface area contributed by atoms with Crippen molar-refractivity contribution < 1.29 is 40.1 Å². The summed E-state index contributed by atoms with van der Waals surface area (Å²) in [5, 5.41) is 0. The van der Waals surface area contributed by atoms with E-state index in [1.807, 2.05) is 0 Å². The lowest BCUT2D eigenvalue weighted by Crippen LogP contribution is -2.27. The number of allylic oxidation sites excluding steroid dienone is 2. The molecule has 0 saturated heterocycles. The molecule has 27 heavy (non-hydrogen) atoms. The molecule has 0 heterocycles. The van der Waals surface area contributed by atoms with Gasteiger partial charge in [0.15, 0.2) is 0 Å². The predicted molar refractivity (Wildman–Crippen MR) is 93.4 cm³/mol. The first kappa shape index (κ1) is 20.6. The molecule has 0 amide bonds. The SMILES string of the molecule is COC(=O)c1cccc(S(=O)(=O)OC2C=CC=CC2=S(=O)=O)c1C(=O)OC. The van der Waals surface area contributed by atoms with Gasteiger partial charge in [-0.1, -0.05) is 18.2 Å². The minimum atomic E-state index is -4.66. The summed E-state index contributed by atoms with van der Waals surface area (Å²) in [5.41, 5.74) is -0.920. The van der Waals surface area contributed by atoms with Gasteiger partial charge in [0.2, 0.25) is 10.3 Å². The van der Waals surface area contributed by atoms with E-state index < -0.39 is 48.9 Å². The highest BCUT2D eigenvalue weighted by molar-refractivity contribution is 7.87. The van der Waals surface area contributed by atoms with Crippen LogP contribution in [-0.2, 0) is 34.1 Å². The number of hydrogen-bond donors (Lipinski definition) is 0. The number of rotatable bonds is 5. The zero-order chi connectivity index (χ0) is 20.2. The second-order valence-electron chi connectivity index (χ2n) is 5.01. The number of carbonyl (C=O) groups excluding carboxylic acids is 2. The molecule has 0 N–H and O–H groups in total. The fourth-order valence-electron chi connectivity index (χ4n) is 2.26. The number of esters is 2. The standard InChI is InChI=1S/C16H14O9S2/c1-23-15(17)10-6-5-9-13(14(10)16(18)24-2)27(21,22)25-11-7-3-4-8-12(11)26(19)20/h3-9,11H,1-2H3. The molecule has 0 radical (unpaired) electrons. The van der Waals surface area contributed by atoms with E-state index in [1.165, 1.54) is 36.4 Å². The molecule has 0 fully saturated rings. The molecule has 0 saturated carbocycles. The lowest BCUT2D eigenvalue weighted by atomic mass is 10.1. The van der Waals surface area contributed by atoms with E-state index in [4.69, 9.17) is 4.18 Å². The summed E-state index contributed by atoms with van der Waals surface area (Å²) in [7, 11) is -5.32. The van der Waals surface area contributed by atoms with Crippen LogP contribution in [-0.4, -0.2) is 54.0 Å². The fourth-order valence-corrected chi connectivity index (χ4v) is 4.06. The van der Waals surface area contributed by atoms with Crippen molar-refractivity contribution in [2.75, 3.05) is 14.2 Å². The van der Waals surface area contributed by atoms with Crippen LogP contribution in [0.2, 0.25) is 0 Å². The van der Waals surface area contributed by atoms with Crippen LogP contribution in [0, 0.1) is 0 Å². The lowest BCUT2D eigenvalue weighted by Gasteiger charge is -2.17. The van der Waals surface area contributed by atoms with Crippen LogP contribution < -0.4 is 0 Å². The Morgan fingerprint density at radius 3 is 2.30 bits per heavy atom. The third kappa shape index (κ3) is 4.32. The van der Waals surface area contributed by atoms with Crippen LogP contribution >= 0.6 is 0 Å². The van der Waals surface area contributed by atoms with Crippen LogP contribution in [0.3, 0.4) is 0 Å². The molecule has 1 unspecified atom stereocenters. The Bertz CT molecular complexity index is 1070. The molecule has 1 aromatic rings. The van der Waals surface area contributed by atoms with E-state index in [9.17, 15) is 26.4 Å². The topological polar surface area (TPSA) is 130 Å². The average molecular weight is 414 g/mol. The van der Waals surface area contributed by atoms with Gasteiger partial charge in [-0.05, 0) is 24.3 Å². The largest absolute Gasteiger partial charge is 0.465 e. The van der Waals surface area contributed by atoms with Crippen LogP contribution in [0.25, 0.3) is 0 Å². The first-order valence-electron chi connectivity index (χ1n) is 7.26. The van der Waals surface area contributed by atoms with E-state index in [2.05, 4.69) is 9.47 Å². The number of hydrogen-bond acceptors (Lipinski definition) is 9. The van der Waals surface area contributed by atoms with Gasteiger partial charge < -0.3 is 9.47 Å². The first-order chi connectivity index (χ1) is 12.7. The van der Waals surface area contributed by atoms with Crippen molar-refractivity contribution in [3.8, 4) is 0 Å². The predicted octanol–water partition coefficient (Wildman–Crippen LogP) is 0.511. The maximum absolute atomic E-state index is 12.7. The molecular weight excluding hydrogens is 400 g/mol. The van der Waals surface area contributed by atoms with Crippen molar-refractivity contribution in [1.82, 2.24) is 0 Å². The number of ether oxygens (including phenoxy) is 2. The minimum Gasteiger partial charge on any atom is -0.465 e. The van der Waals surface area contributed by atoms with E-state index in [1.54, 1.807) is 0 Å². The molecule has 0 aliphatic heterocycles. The molecular formula is C16H14O9S2. The molecule has 1 aromatic carbocycles. The molecule has 1 atom stereocenters. The first-order valence-corrected chi connectivity index (χ1v) is 9.75. The van der Waals surface area contributed by atoms with E-state index in [0.29, 0.717) is 0 Å². The summed E-state index contributed by atoms with van der Waals surface area (Å²) < 4.78 is 62.1. The van der Waals surface area contributed by atoms with Crippen molar-refractivity contribution in [3.05, 3.63) is 53.6 Å². The van der Waals surface area contributed by atoms with Crippen molar-refractivity contribution in [1.29, 1.82) is 0 Å². The maximum Gasteiger partial charge on any atom is 0.340 e. The molecule has 11 heteroatoms.